The number of benzene rings is 2. The number of hydrogen-bond donors (Lipinski definition) is 0. The minimum atomic E-state index is -0.251. The van der Waals surface area contributed by atoms with Crippen molar-refractivity contribution in [1.29, 1.82) is 0 Å². The van der Waals surface area contributed by atoms with Crippen LogP contribution in [0.4, 0.5) is 0 Å². The van der Waals surface area contributed by atoms with Crippen LogP contribution in [-0.4, -0.2) is 16.7 Å². The Bertz CT molecular complexity index is 666. The largest absolute Gasteiger partial charge is 0.278 e. The Morgan fingerprint density at radius 3 is 2.23 bits per heavy atom. The smallest absolute Gasteiger partial charge is 0.233 e. The van der Waals surface area contributed by atoms with E-state index in [2.05, 4.69) is 0 Å². The minimum absolute atomic E-state index is 0.0507. The van der Waals surface area contributed by atoms with Crippen molar-refractivity contribution in [3.63, 3.8) is 0 Å². The van der Waals surface area contributed by atoms with Crippen LogP contribution in [0.25, 0.3) is 0 Å². The Morgan fingerprint density at radius 1 is 1.00 bits per heavy atom. The first-order valence-corrected chi connectivity index (χ1v) is 7.60. The highest BCUT2D eigenvalue weighted by Gasteiger charge is 2.41. The molecule has 3 heteroatoms. The summed E-state index contributed by atoms with van der Waals surface area (Å²) in [6.07, 6.45) is 0.307. The second-order valence-electron chi connectivity index (χ2n) is 5.81. The molecule has 2 aromatic carbocycles. The summed E-state index contributed by atoms with van der Waals surface area (Å²) in [6.45, 7) is 2.40. The molecule has 1 aliphatic rings. The lowest BCUT2D eigenvalue weighted by Gasteiger charge is -2.19. The lowest BCUT2D eigenvalue weighted by Crippen LogP contribution is -2.31. The molecular weight excluding hydrogens is 274 g/mol. The zero-order chi connectivity index (χ0) is 15.5. The SMILES string of the molecule is C[C@H](c1ccccc1)[C@@H]1CC(=O)N(Cc2ccccc2)C1=O. The summed E-state index contributed by atoms with van der Waals surface area (Å²) in [6, 6.07) is 19.6. The predicted molar refractivity (Wildman–Crippen MR) is 85.0 cm³/mol. The highest BCUT2D eigenvalue weighted by atomic mass is 16.2. The van der Waals surface area contributed by atoms with Crippen LogP contribution in [0.2, 0.25) is 0 Å². The maximum atomic E-state index is 12.6. The molecule has 0 saturated carbocycles. The van der Waals surface area contributed by atoms with E-state index in [-0.39, 0.29) is 23.7 Å². The highest BCUT2D eigenvalue weighted by Crippen LogP contribution is 2.34. The van der Waals surface area contributed by atoms with Gasteiger partial charge < -0.3 is 0 Å². The monoisotopic (exact) mass is 293 g/mol. The lowest BCUT2D eigenvalue weighted by molar-refractivity contribution is -0.140. The van der Waals surface area contributed by atoms with Crippen LogP contribution >= 0.6 is 0 Å². The molecule has 0 spiro atoms. The van der Waals surface area contributed by atoms with Crippen LogP contribution in [0.3, 0.4) is 0 Å². The Balaban J connectivity index is 1.77. The Hall–Kier alpha value is -2.42. The Kier molecular flexibility index (Phi) is 4.05. The second-order valence-corrected chi connectivity index (χ2v) is 5.81. The molecule has 0 N–H and O–H groups in total. The lowest BCUT2D eigenvalue weighted by atomic mass is 9.86. The number of carbonyl (C=O) groups excluding carboxylic acids is 2. The normalized spacial score (nSPS) is 19.5. The van der Waals surface area contributed by atoms with Gasteiger partial charge in [-0.15, -0.1) is 0 Å². The van der Waals surface area contributed by atoms with E-state index in [0.717, 1.165) is 11.1 Å². The molecule has 1 heterocycles. The molecule has 0 unspecified atom stereocenters. The van der Waals surface area contributed by atoms with E-state index in [0.29, 0.717) is 13.0 Å². The van der Waals surface area contributed by atoms with E-state index in [4.69, 9.17) is 0 Å². The van der Waals surface area contributed by atoms with Crippen molar-refractivity contribution in [3.05, 3.63) is 71.8 Å². The molecule has 3 nitrogen and oxygen atoms in total. The van der Waals surface area contributed by atoms with Gasteiger partial charge in [0.05, 0.1) is 12.5 Å². The first-order valence-electron chi connectivity index (χ1n) is 7.60. The van der Waals surface area contributed by atoms with Gasteiger partial charge in [0.1, 0.15) is 0 Å². The average Bonchev–Trinajstić information content (AvgIpc) is 2.84. The van der Waals surface area contributed by atoms with Crippen molar-refractivity contribution >= 4 is 11.8 Å². The minimum Gasteiger partial charge on any atom is -0.278 e. The molecular formula is C19H19NO2. The summed E-state index contributed by atoms with van der Waals surface area (Å²) in [5.74, 6) is -0.316. The quantitative estimate of drug-likeness (QED) is 0.811. The zero-order valence-electron chi connectivity index (χ0n) is 12.6. The van der Waals surface area contributed by atoms with Gasteiger partial charge in [-0.05, 0) is 17.0 Å². The zero-order valence-corrected chi connectivity index (χ0v) is 12.6. The number of rotatable bonds is 4. The molecule has 1 saturated heterocycles. The number of nitrogens with zero attached hydrogens (tertiary/aromatic N) is 1. The third kappa shape index (κ3) is 2.80. The standard InChI is InChI=1S/C19H19NO2/c1-14(16-10-6-3-7-11-16)17-12-18(21)20(19(17)22)13-15-8-4-2-5-9-15/h2-11,14,17H,12-13H2,1H3/t14-,17+/m1/s1. The molecule has 1 aliphatic heterocycles. The van der Waals surface area contributed by atoms with Gasteiger partial charge in [-0.1, -0.05) is 67.6 Å². The van der Waals surface area contributed by atoms with Gasteiger partial charge in [0.25, 0.3) is 0 Å². The van der Waals surface area contributed by atoms with Crippen LogP contribution in [0, 0.1) is 5.92 Å². The molecule has 2 amide bonds. The van der Waals surface area contributed by atoms with E-state index >= 15 is 0 Å². The van der Waals surface area contributed by atoms with Crippen molar-refractivity contribution in [2.75, 3.05) is 0 Å². The van der Waals surface area contributed by atoms with Crippen LogP contribution in [0.5, 0.6) is 0 Å². The molecule has 22 heavy (non-hydrogen) atoms. The van der Waals surface area contributed by atoms with Crippen molar-refractivity contribution in [1.82, 2.24) is 4.90 Å². The molecule has 112 valence electrons. The number of amides is 2. The molecule has 0 bridgehead atoms. The number of hydrogen-bond acceptors (Lipinski definition) is 2. The maximum Gasteiger partial charge on any atom is 0.233 e. The summed E-state index contributed by atoms with van der Waals surface area (Å²) >= 11 is 0. The van der Waals surface area contributed by atoms with Crippen molar-refractivity contribution in [2.45, 2.75) is 25.8 Å². The van der Waals surface area contributed by atoms with Gasteiger partial charge in [0.2, 0.25) is 11.8 Å². The molecule has 2 atom stereocenters. The van der Waals surface area contributed by atoms with Crippen molar-refractivity contribution in [2.24, 2.45) is 5.92 Å². The van der Waals surface area contributed by atoms with Gasteiger partial charge in [0, 0.05) is 6.42 Å². The summed E-state index contributed by atoms with van der Waals surface area (Å²) in [4.78, 5) is 26.3. The fourth-order valence-corrected chi connectivity index (χ4v) is 3.02. The highest BCUT2D eigenvalue weighted by molar-refractivity contribution is 6.03. The first kappa shape index (κ1) is 14.5. The van der Waals surface area contributed by atoms with Gasteiger partial charge in [-0.25, -0.2) is 0 Å². The van der Waals surface area contributed by atoms with Crippen molar-refractivity contribution in [3.8, 4) is 0 Å². The molecule has 2 aromatic rings. The van der Waals surface area contributed by atoms with E-state index in [1.165, 1.54) is 4.90 Å². The van der Waals surface area contributed by atoms with E-state index in [9.17, 15) is 9.59 Å². The average molecular weight is 293 g/mol. The van der Waals surface area contributed by atoms with Crippen LogP contribution in [-0.2, 0) is 16.1 Å². The first-order chi connectivity index (χ1) is 10.7. The third-order valence-corrected chi connectivity index (χ3v) is 4.39. The fraction of sp³-hybridized carbons (Fsp3) is 0.263. The molecule has 0 aromatic heterocycles. The predicted octanol–water partition coefficient (Wildman–Crippen LogP) is 3.37. The fourth-order valence-electron chi connectivity index (χ4n) is 3.02. The third-order valence-electron chi connectivity index (χ3n) is 4.39. The second kappa shape index (κ2) is 6.14. The maximum absolute atomic E-state index is 12.6. The van der Waals surface area contributed by atoms with Crippen LogP contribution < -0.4 is 0 Å². The molecule has 3 rings (SSSR count). The Morgan fingerprint density at radius 2 is 1.59 bits per heavy atom. The number of imide groups is 1. The van der Waals surface area contributed by atoms with Gasteiger partial charge in [-0.3, -0.25) is 14.5 Å². The Labute approximate surface area is 130 Å². The van der Waals surface area contributed by atoms with E-state index in [1.54, 1.807) is 0 Å². The van der Waals surface area contributed by atoms with Gasteiger partial charge in [0.15, 0.2) is 0 Å². The van der Waals surface area contributed by atoms with Gasteiger partial charge >= 0.3 is 0 Å². The summed E-state index contributed by atoms with van der Waals surface area (Å²) in [7, 11) is 0. The van der Waals surface area contributed by atoms with E-state index in [1.807, 2.05) is 67.6 Å². The number of likely N-dealkylation sites (tertiary alicyclic amines) is 1. The molecule has 0 radical (unpaired) electrons. The van der Waals surface area contributed by atoms with Crippen LogP contribution in [0.15, 0.2) is 60.7 Å². The summed E-state index contributed by atoms with van der Waals surface area (Å²) in [5, 5.41) is 0. The molecule has 1 fully saturated rings. The van der Waals surface area contributed by atoms with E-state index < -0.39 is 0 Å². The summed E-state index contributed by atoms with van der Waals surface area (Å²) < 4.78 is 0. The topological polar surface area (TPSA) is 37.4 Å². The summed E-state index contributed by atoms with van der Waals surface area (Å²) in [5.41, 5.74) is 2.09. The van der Waals surface area contributed by atoms with Crippen molar-refractivity contribution < 1.29 is 9.59 Å². The van der Waals surface area contributed by atoms with Crippen LogP contribution in [0.1, 0.15) is 30.4 Å². The molecule has 0 aliphatic carbocycles. The number of carbonyl (C=O) groups is 2. The van der Waals surface area contributed by atoms with Gasteiger partial charge in [-0.2, -0.15) is 0 Å².